The monoisotopic (exact) mass is 828 g/mol. The molecule has 0 fully saturated rings. The molecule has 0 aromatic heterocycles. The first-order chi connectivity index (χ1) is 31.0. The van der Waals surface area contributed by atoms with E-state index in [9.17, 15) is 0 Å². The van der Waals surface area contributed by atoms with Crippen LogP contribution in [0.1, 0.15) is 72.9 Å². The van der Waals surface area contributed by atoms with Crippen molar-refractivity contribution in [3.05, 3.63) is 215 Å². The van der Waals surface area contributed by atoms with Gasteiger partial charge >= 0.3 is 0 Å². The fourth-order valence-electron chi connectivity index (χ4n) is 10.1. The Kier molecular flexibility index (Phi) is 10.6. The Hall–Kier alpha value is -7.16. The van der Waals surface area contributed by atoms with Crippen LogP contribution in [0.25, 0.3) is 54.6 Å². The topological polar surface area (TPSA) is 6.48 Å². The summed E-state index contributed by atoms with van der Waals surface area (Å²) in [5, 5.41) is 7.81. The van der Waals surface area contributed by atoms with Gasteiger partial charge in [0.05, 0.1) is 11.4 Å². The highest BCUT2D eigenvalue weighted by Crippen LogP contribution is 2.52. The minimum absolute atomic E-state index is 0.294. The number of anilines is 6. The molecule has 2 heteroatoms. The Morgan fingerprint density at radius 2 is 0.703 bits per heavy atom. The molecule has 0 bridgehead atoms. The van der Waals surface area contributed by atoms with E-state index in [4.69, 9.17) is 0 Å². The molecule has 10 aromatic carbocycles. The van der Waals surface area contributed by atoms with E-state index in [2.05, 4.69) is 247 Å². The van der Waals surface area contributed by atoms with Crippen LogP contribution in [-0.2, 0) is 0 Å². The lowest BCUT2D eigenvalue weighted by atomic mass is 9.84. The quantitative estimate of drug-likeness (QED) is 0.127. The maximum atomic E-state index is 2.52. The van der Waals surface area contributed by atoms with Gasteiger partial charge in [-0.15, -0.1) is 0 Å². The predicted molar refractivity (Wildman–Crippen MR) is 278 cm³/mol. The molecule has 0 unspecified atom stereocenters. The summed E-state index contributed by atoms with van der Waals surface area (Å²) in [7, 11) is 0. The van der Waals surface area contributed by atoms with E-state index in [1.807, 2.05) is 0 Å². The molecular weight excluding hydrogens is 773 g/mol. The molecule has 0 aliphatic carbocycles. The maximum absolute atomic E-state index is 2.52. The number of hydrogen-bond acceptors (Lipinski definition) is 2. The summed E-state index contributed by atoms with van der Waals surface area (Å²) >= 11 is 0. The highest BCUT2D eigenvalue weighted by atomic mass is 15.2. The highest BCUT2D eigenvalue weighted by molar-refractivity contribution is 6.29. The zero-order valence-electron chi connectivity index (χ0n) is 38.4. The molecule has 0 aliphatic heterocycles. The molecule has 0 aliphatic rings. The number of hydrogen-bond donors (Lipinski definition) is 0. The summed E-state index contributed by atoms with van der Waals surface area (Å²) < 4.78 is 0. The molecule has 2 nitrogen and oxygen atoms in total. The maximum Gasteiger partial charge on any atom is 0.0543 e. The van der Waals surface area contributed by atoms with Crippen molar-refractivity contribution in [3.63, 3.8) is 0 Å². The van der Waals surface area contributed by atoms with Crippen molar-refractivity contribution in [1.29, 1.82) is 0 Å². The van der Waals surface area contributed by atoms with Crippen molar-refractivity contribution < 1.29 is 0 Å². The van der Waals surface area contributed by atoms with Gasteiger partial charge in [0.15, 0.2) is 0 Å². The Morgan fingerprint density at radius 1 is 0.312 bits per heavy atom. The van der Waals surface area contributed by atoms with Crippen LogP contribution >= 0.6 is 0 Å². The molecule has 0 spiro atoms. The van der Waals surface area contributed by atoms with Crippen molar-refractivity contribution in [2.45, 2.75) is 67.2 Å². The van der Waals surface area contributed by atoms with E-state index in [0.717, 1.165) is 11.4 Å². The van der Waals surface area contributed by atoms with Crippen LogP contribution in [0.2, 0.25) is 0 Å². The van der Waals surface area contributed by atoms with Crippen molar-refractivity contribution in [1.82, 2.24) is 0 Å². The second-order valence-electron chi connectivity index (χ2n) is 18.4. The smallest absolute Gasteiger partial charge is 0.0543 e. The van der Waals surface area contributed by atoms with Gasteiger partial charge in [-0.2, -0.15) is 0 Å². The molecular formula is C62H56N2. The molecule has 10 rings (SSSR count). The molecule has 64 heavy (non-hydrogen) atoms. The van der Waals surface area contributed by atoms with Gasteiger partial charge in [-0.3, -0.25) is 0 Å². The molecule has 0 radical (unpaired) electrons. The van der Waals surface area contributed by atoms with Gasteiger partial charge in [0.1, 0.15) is 0 Å². The van der Waals surface area contributed by atoms with Crippen LogP contribution in [0.3, 0.4) is 0 Å². The first-order valence-corrected chi connectivity index (χ1v) is 22.9. The van der Waals surface area contributed by atoms with Crippen molar-refractivity contribution in [2.24, 2.45) is 0 Å². The summed E-state index contributed by atoms with van der Waals surface area (Å²) in [5.41, 5.74) is 19.6. The van der Waals surface area contributed by atoms with E-state index >= 15 is 0 Å². The number of benzene rings is 10. The molecule has 0 amide bonds. The number of rotatable bonds is 10. The van der Waals surface area contributed by atoms with Crippen molar-refractivity contribution in [3.8, 4) is 22.3 Å². The Balaban J connectivity index is 1.28. The number of nitrogens with zero attached hydrogens (tertiary/aromatic N) is 2. The fourth-order valence-corrected chi connectivity index (χ4v) is 10.1. The largest absolute Gasteiger partial charge is 0.310 e. The highest BCUT2D eigenvalue weighted by Gasteiger charge is 2.27. The number of aryl methyl sites for hydroxylation is 4. The summed E-state index contributed by atoms with van der Waals surface area (Å²) in [5.74, 6) is 0.589. The normalized spacial score (nSPS) is 11.7. The van der Waals surface area contributed by atoms with E-state index in [1.165, 1.54) is 111 Å². The zero-order chi connectivity index (χ0) is 44.2. The SMILES string of the molecule is Cc1cccc(N(c2ccc(-c3ccccc3)cc2C)c2cc(C(C)C)c3ccc4c(N(c5cccc(C)c5)c5ccc(-c6ccccc6)cc5C)cc(C(C)C)c5ccc2c3c54)c1. The van der Waals surface area contributed by atoms with Gasteiger partial charge in [-0.25, -0.2) is 0 Å². The Labute approximate surface area is 379 Å². The van der Waals surface area contributed by atoms with Crippen molar-refractivity contribution in [2.75, 3.05) is 9.80 Å². The predicted octanol–water partition coefficient (Wildman–Crippen LogP) is 18.3. The van der Waals surface area contributed by atoms with Crippen LogP contribution in [0.4, 0.5) is 34.1 Å². The first-order valence-electron chi connectivity index (χ1n) is 22.9. The molecule has 314 valence electrons. The van der Waals surface area contributed by atoms with Gasteiger partial charge in [0, 0.05) is 33.5 Å². The minimum Gasteiger partial charge on any atom is -0.310 e. The molecule has 10 aromatic rings. The molecule has 0 atom stereocenters. The molecule has 0 saturated heterocycles. The van der Waals surface area contributed by atoms with Crippen LogP contribution in [-0.4, -0.2) is 0 Å². The van der Waals surface area contributed by atoms with Crippen LogP contribution in [0, 0.1) is 27.7 Å². The third-order valence-corrected chi connectivity index (χ3v) is 13.3. The van der Waals surface area contributed by atoms with Crippen LogP contribution in [0.15, 0.2) is 182 Å². The fraction of sp³-hybridized carbons (Fsp3) is 0.161. The average molecular weight is 829 g/mol. The Bertz CT molecular complexity index is 3100. The van der Waals surface area contributed by atoms with Gasteiger partial charge in [-0.05, 0) is 177 Å². The van der Waals surface area contributed by atoms with E-state index < -0.39 is 0 Å². The third kappa shape index (κ3) is 7.18. The van der Waals surface area contributed by atoms with Gasteiger partial charge < -0.3 is 9.80 Å². The van der Waals surface area contributed by atoms with Crippen LogP contribution < -0.4 is 9.80 Å². The second kappa shape index (κ2) is 16.5. The van der Waals surface area contributed by atoms with Gasteiger partial charge in [0.25, 0.3) is 0 Å². The zero-order valence-corrected chi connectivity index (χ0v) is 38.4. The van der Waals surface area contributed by atoms with Gasteiger partial charge in [0.2, 0.25) is 0 Å². The summed E-state index contributed by atoms with van der Waals surface area (Å²) in [6.07, 6.45) is 0. The summed E-state index contributed by atoms with van der Waals surface area (Å²) in [6.45, 7) is 18.3. The van der Waals surface area contributed by atoms with Crippen LogP contribution in [0.5, 0.6) is 0 Å². The second-order valence-corrected chi connectivity index (χ2v) is 18.4. The molecule has 0 N–H and O–H groups in total. The molecule has 0 saturated carbocycles. The van der Waals surface area contributed by atoms with E-state index in [0.29, 0.717) is 11.8 Å². The Morgan fingerprint density at radius 3 is 1.06 bits per heavy atom. The van der Waals surface area contributed by atoms with Crippen molar-refractivity contribution >= 4 is 66.4 Å². The van der Waals surface area contributed by atoms with E-state index in [-0.39, 0.29) is 0 Å². The lowest BCUT2D eigenvalue weighted by molar-refractivity contribution is 0.875. The van der Waals surface area contributed by atoms with E-state index in [1.54, 1.807) is 0 Å². The van der Waals surface area contributed by atoms with Gasteiger partial charge in [-0.1, -0.05) is 149 Å². The summed E-state index contributed by atoms with van der Waals surface area (Å²) in [6, 6.07) is 68.0. The third-order valence-electron chi connectivity index (χ3n) is 13.3. The first kappa shape index (κ1) is 40.9. The standard InChI is InChI=1S/C62H56N2/c1-39(2)55-37-59(63(49-23-15-17-41(5)33-49)57-31-25-47(35-43(57)7)45-19-11-9-12-20-45)53-30-28-52-56(40(3)4)38-60(54-29-27-51(55)61(53)62(52)54)64(50-24-16-18-42(6)34-50)58-32-26-48(36-44(58)8)46-21-13-10-14-22-46/h9-40H,1-8H3. The lowest BCUT2D eigenvalue weighted by Gasteiger charge is -2.32. The average Bonchev–Trinajstić information content (AvgIpc) is 3.30. The summed E-state index contributed by atoms with van der Waals surface area (Å²) in [4.78, 5) is 5.05. The lowest BCUT2D eigenvalue weighted by Crippen LogP contribution is -2.14. The molecule has 0 heterocycles. The minimum atomic E-state index is 0.294.